The van der Waals surface area contributed by atoms with Gasteiger partial charge >= 0.3 is 6.18 Å². The van der Waals surface area contributed by atoms with Crippen molar-refractivity contribution in [3.05, 3.63) is 35.6 Å². The highest BCUT2D eigenvalue weighted by atomic mass is 19.4. The highest BCUT2D eigenvalue weighted by molar-refractivity contribution is 5.72. The van der Waals surface area contributed by atoms with Crippen LogP contribution in [0.5, 0.6) is 0 Å². The molecule has 1 heterocycles. The Morgan fingerprint density at radius 1 is 1.28 bits per heavy atom. The Morgan fingerprint density at radius 3 is 2.56 bits per heavy atom. The van der Waals surface area contributed by atoms with E-state index in [2.05, 4.69) is 9.73 Å². The first-order chi connectivity index (χ1) is 8.38. The van der Waals surface area contributed by atoms with E-state index < -0.39 is 36.6 Å². The summed E-state index contributed by atoms with van der Waals surface area (Å²) in [5, 5.41) is 0. The van der Waals surface area contributed by atoms with Crippen LogP contribution < -0.4 is 5.73 Å². The van der Waals surface area contributed by atoms with Gasteiger partial charge in [0.2, 0.25) is 0 Å². The average Bonchev–Trinajstić information content (AvgIpc) is 2.27. The van der Waals surface area contributed by atoms with E-state index in [1.807, 2.05) is 0 Å². The zero-order chi connectivity index (χ0) is 13.3. The van der Waals surface area contributed by atoms with Crippen molar-refractivity contribution >= 4 is 6.02 Å². The fourth-order valence-electron chi connectivity index (χ4n) is 1.78. The van der Waals surface area contributed by atoms with Gasteiger partial charge in [0.25, 0.3) is 6.02 Å². The third kappa shape index (κ3) is 2.55. The lowest BCUT2D eigenvalue weighted by atomic mass is 9.99. The summed E-state index contributed by atoms with van der Waals surface area (Å²) < 4.78 is 55.6. The van der Waals surface area contributed by atoms with Crippen LogP contribution in [0.15, 0.2) is 29.3 Å². The fraction of sp³-hybridized carbons (Fsp3) is 0.364. The molecule has 0 radical (unpaired) electrons. The Hall–Kier alpha value is -1.79. The number of halogens is 4. The molecule has 0 bridgehead atoms. The Morgan fingerprint density at radius 2 is 1.94 bits per heavy atom. The summed E-state index contributed by atoms with van der Waals surface area (Å²) in [6.45, 7) is 0. The highest BCUT2D eigenvalue weighted by Crippen LogP contribution is 2.35. The number of hydrogen-bond acceptors (Lipinski definition) is 3. The number of ether oxygens (including phenoxy) is 1. The van der Waals surface area contributed by atoms with Crippen LogP contribution >= 0.6 is 0 Å². The Kier molecular flexibility index (Phi) is 3.14. The molecular formula is C11H10F4N2O. The Labute approximate surface area is 100 Å². The molecule has 1 aliphatic rings. The van der Waals surface area contributed by atoms with E-state index >= 15 is 0 Å². The van der Waals surface area contributed by atoms with Gasteiger partial charge in [-0.05, 0) is 6.07 Å². The number of amidine groups is 1. The molecule has 3 nitrogen and oxygen atoms in total. The largest absolute Gasteiger partial charge is 0.452 e. The summed E-state index contributed by atoms with van der Waals surface area (Å²) in [5.74, 6) is -0.609. The zero-order valence-corrected chi connectivity index (χ0v) is 9.12. The standard InChI is InChI=1S/C11H10F4N2O/c12-7-4-2-1-3-6(7)8-5-9(11(13,14)15)18-10(16)17-8/h1-4,8-9H,5H2,(H2,16,17)/t8-,9-/m0/s1. The molecule has 0 fully saturated rings. The van der Waals surface area contributed by atoms with E-state index in [-0.39, 0.29) is 5.56 Å². The molecule has 2 atom stereocenters. The number of nitrogens with zero attached hydrogens (tertiary/aromatic N) is 1. The highest BCUT2D eigenvalue weighted by Gasteiger charge is 2.45. The second-order valence-corrected chi connectivity index (χ2v) is 3.89. The van der Waals surface area contributed by atoms with Gasteiger partial charge in [-0.2, -0.15) is 13.2 Å². The average molecular weight is 262 g/mol. The van der Waals surface area contributed by atoms with Crippen LogP contribution in [-0.2, 0) is 4.74 Å². The maximum Gasteiger partial charge on any atom is 0.425 e. The van der Waals surface area contributed by atoms with E-state index in [1.165, 1.54) is 24.3 Å². The van der Waals surface area contributed by atoms with Crippen LogP contribution in [0, 0.1) is 5.82 Å². The third-order valence-electron chi connectivity index (χ3n) is 2.61. The lowest BCUT2D eigenvalue weighted by Crippen LogP contribution is -2.40. The quantitative estimate of drug-likeness (QED) is 0.790. The minimum Gasteiger partial charge on any atom is -0.452 e. The van der Waals surface area contributed by atoms with Gasteiger partial charge < -0.3 is 10.5 Å². The van der Waals surface area contributed by atoms with E-state index in [0.29, 0.717) is 0 Å². The predicted octanol–water partition coefficient (Wildman–Crippen LogP) is 2.53. The van der Waals surface area contributed by atoms with Gasteiger partial charge in [-0.15, -0.1) is 0 Å². The monoisotopic (exact) mass is 262 g/mol. The summed E-state index contributed by atoms with van der Waals surface area (Å²) in [6, 6.07) is 3.98. The fourth-order valence-corrected chi connectivity index (χ4v) is 1.78. The topological polar surface area (TPSA) is 47.6 Å². The van der Waals surface area contributed by atoms with Gasteiger partial charge in [0.15, 0.2) is 6.10 Å². The van der Waals surface area contributed by atoms with Gasteiger partial charge in [0.05, 0.1) is 6.04 Å². The van der Waals surface area contributed by atoms with Crippen LogP contribution in [-0.4, -0.2) is 18.3 Å². The summed E-state index contributed by atoms with van der Waals surface area (Å²) in [4.78, 5) is 3.71. The molecule has 98 valence electrons. The molecule has 0 aliphatic carbocycles. The maximum atomic E-state index is 13.5. The summed E-state index contributed by atoms with van der Waals surface area (Å²) in [7, 11) is 0. The van der Waals surface area contributed by atoms with E-state index in [0.717, 1.165) is 0 Å². The number of rotatable bonds is 1. The van der Waals surface area contributed by atoms with Crippen molar-refractivity contribution in [2.75, 3.05) is 0 Å². The van der Waals surface area contributed by atoms with Crippen molar-refractivity contribution in [3.63, 3.8) is 0 Å². The van der Waals surface area contributed by atoms with Crippen molar-refractivity contribution < 1.29 is 22.3 Å². The molecule has 1 aromatic rings. The second-order valence-electron chi connectivity index (χ2n) is 3.89. The molecule has 0 amide bonds. The molecule has 1 aliphatic heterocycles. The number of benzene rings is 1. The van der Waals surface area contributed by atoms with Crippen molar-refractivity contribution in [3.8, 4) is 0 Å². The smallest absolute Gasteiger partial charge is 0.425 e. The number of hydrogen-bond donors (Lipinski definition) is 1. The van der Waals surface area contributed by atoms with E-state index in [1.54, 1.807) is 0 Å². The Balaban J connectivity index is 2.30. The van der Waals surface area contributed by atoms with Crippen molar-refractivity contribution in [1.29, 1.82) is 0 Å². The minimum atomic E-state index is -4.55. The lowest BCUT2D eigenvalue weighted by Gasteiger charge is -2.28. The molecule has 0 unspecified atom stereocenters. The molecule has 7 heteroatoms. The predicted molar refractivity (Wildman–Crippen MR) is 56.3 cm³/mol. The number of nitrogens with two attached hydrogens (primary N) is 1. The molecule has 0 aromatic heterocycles. The molecule has 0 spiro atoms. The first kappa shape index (κ1) is 12.7. The van der Waals surface area contributed by atoms with Crippen LogP contribution in [0.2, 0.25) is 0 Å². The third-order valence-corrected chi connectivity index (χ3v) is 2.61. The molecule has 0 saturated carbocycles. The van der Waals surface area contributed by atoms with Crippen LogP contribution in [0.3, 0.4) is 0 Å². The first-order valence-corrected chi connectivity index (χ1v) is 5.19. The summed E-state index contributed by atoms with van der Waals surface area (Å²) >= 11 is 0. The van der Waals surface area contributed by atoms with Gasteiger partial charge in [-0.3, -0.25) is 0 Å². The van der Waals surface area contributed by atoms with Crippen molar-refractivity contribution in [2.45, 2.75) is 24.7 Å². The molecule has 2 N–H and O–H groups in total. The molecule has 1 aromatic carbocycles. The van der Waals surface area contributed by atoms with Gasteiger partial charge in [0.1, 0.15) is 5.82 Å². The Bertz CT molecular complexity index is 472. The van der Waals surface area contributed by atoms with Crippen molar-refractivity contribution in [2.24, 2.45) is 10.7 Å². The first-order valence-electron chi connectivity index (χ1n) is 5.19. The van der Waals surface area contributed by atoms with Crippen molar-refractivity contribution in [1.82, 2.24) is 0 Å². The van der Waals surface area contributed by atoms with Gasteiger partial charge in [-0.25, -0.2) is 9.38 Å². The molecule has 0 saturated heterocycles. The summed E-state index contributed by atoms with van der Waals surface area (Å²) in [6.07, 6.45) is -7.09. The van der Waals surface area contributed by atoms with Gasteiger partial charge in [0, 0.05) is 12.0 Å². The number of alkyl halides is 3. The maximum absolute atomic E-state index is 13.5. The summed E-state index contributed by atoms with van der Waals surface area (Å²) in [5.41, 5.74) is 5.29. The molecular weight excluding hydrogens is 252 g/mol. The van der Waals surface area contributed by atoms with Crippen LogP contribution in [0.25, 0.3) is 0 Å². The van der Waals surface area contributed by atoms with Crippen LogP contribution in [0.4, 0.5) is 17.6 Å². The molecule has 2 rings (SSSR count). The second kappa shape index (κ2) is 4.47. The number of aliphatic imine (C=N–C) groups is 1. The van der Waals surface area contributed by atoms with Gasteiger partial charge in [-0.1, -0.05) is 18.2 Å². The molecule has 18 heavy (non-hydrogen) atoms. The van der Waals surface area contributed by atoms with E-state index in [9.17, 15) is 17.6 Å². The SMILES string of the molecule is NC1=N[C@H](c2ccccc2F)C[C@@H](C(F)(F)F)O1. The lowest BCUT2D eigenvalue weighted by molar-refractivity contribution is -0.204. The zero-order valence-electron chi connectivity index (χ0n) is 9.12. The minimum absolute atomic E-state index is 0.0815. The van der Waals surface area contributed by atoms with Crippen LogP contribution in [0.1, 0.15) is 18.0 Å². The normalized spacial score (nSPS) is 24.3. The van der Waals surface area contributed by atoms with E-state index in [4.69, 9.17) is 5.73 Å².